The first kappa shape index (κ1) is 14.5. The number of benzene rings is 1. The molecule has 1 N–H and O–H groups in total. The minimum Gasteiger partial charge on any atom is -0.377 e. The van der Waals surface area contributed by atoms with Crippen molar-refractivity contribution in [2.75, 3.05) is 20.2 Å². The molecule has 2 aromatic rings. The van der Waals surface area contributed by atoms with E-state index in [2.05, 4.69) is 35.9 Å². The fraction of sp³-hybridized carbons (Fsp3) is 0.588. The maximum atomic E-state index is 5.35. The first-order chi connectivity index (χ1) is 10.2. The van der Waals surface area contributed by atoms with Crippen LogP contribution in [0.15, 0.2) is 12.1 Å². The summed E-state index contributed by atoms with van der Waals surface area (Å²) in [5.74, 6) is 1.73. The molecule has 2 heterocycles. The van der Waals surface area contributed by atoms with Crippen LogP contribution in [0.1, 0.15) is 29.8 Å². The Morgan fingerprint density at radius 1 is 1.33 bits per heavy atom. The zero-order valence-corrected chi connectivity index (χ0v) is 13.3. The van der Waals surface area contributed by atoms with Crippen LogP contribution in [0.5, 0.6) is 0 Å². The van der Waals surface area contributed by atoms with Crippen molar-refractivity contribution in [2.45, 2.75) is 39.8 Å². The van der Waals surface area contributed by atoms with Crippen molar-refractivity contribution < 1.29 is 4.74 Å². The molecule has 0 amide bonds. The molecule has 0 aliphatic carbocycles. The van der Waals surface area contributed by atoms with Crippen LogP contribution in [0.4, 0.5) is 0 Å². The molecule has 0 radical (unpaired) electrons. The topological polar surface area (TPSA) is 39.1 Å². The molecule has 3 rings (SSSR count). The normalized spacial score (nSPS) is 19.3. The van der Waals surface area contributed by atoms with E-state index in [0.717, 1.165) is 31.0 Å². The molecule has 4 nitrogen and oxygen atoms in total. The molecule has 1 aromatic carbocycles. The third kappa shape index (κ3) is 2.97. The highest BCUT2D eigenvalue weighted by atomic mass is 16.5. The van der Waals surface area contributed by atoms with Crippen LogP contribution in [-0.2, 0) is 17.9 Å². The van der Waals surface area contributed by atoms with E-state index in [1.54, 1.807) is 7.11 Å². The molecule has 0 saturated carbocycles. The molecule has 21 heavy (non-hydrogen) atoms. The Labute approximate surface area is 126 Å². The van der Waals surface area contributed by atoms with Crippen molar-refractivity contribution in [3.8, 4) is 0 Å². The standard InChI is InChI=1S/C17H25N3O/c1-12-7-15-16(8-13(12)2)20(17(19-15)11-21-3)10-14-5-4-6-18-9-14/h7-8,14,18H,4-6,9-11H2,1-3H3. The van der Waals surface area contributed by atoms with Gasteiger partial charge in [-0.3, -0.25) is 0 Å². The summed E-state index contributed by atoms with van der Waals surface area (Å²) in [6.45, 7) is 8.19. The van der Waals surface area contributed by atoms with Crippen molar-refractivity contribution >= 4 is 11.0 Å². The van der Waals surface area contributed by atoms with Gasteiger partial charge in [0.2, 0.25) is 0 Å². The Morgan fingerprint density at radius 2 is 2.14 bits per heavy atom. The highest BCUT2D eigenvalue weighted by Gasteiger charge is 2.18. The van der Waals surface area contributed by atoms with E-state index >= 15 is 0 Å². The molecule has 0 spiro atoms. The Hall–Kier alpha value is -1.39. The maximum absolute atomic E-state index is 5.35. The van der Waals surface area contributed by atoms with Crippen molar-refractivity contribution in [1.82, 2.24) is 14.9 Å². The Balaban J connectivity index is 2.00. The lowest BCUT2D eigenvalue weighted by Crippen LogP contribution is -2.32. The van der Waals surface area contributed by atoms with Crippen LogP contribution in [0, 0.1) is 19.8 Å². The number of ether oxygens (including phenoxy) is 1. The molecule has 1 atom stereocenters. The second kappa shape index (κ2) is 6.16. The average molecular weight is 287 g/mol. The lowest BCUT2D eigenvalue weighted by Gasteiger charge is -2.24. The van der Waals surface area contributed by atoms with Crippen LogP contribution < -0.4 is 5.32 Å². The van der Waals surface area contributed by atoms with E-state index in [-0.39, 0.29) is 0 Å². The van der Waals surface area contributed by atoms with Gasteiger partial charge >= 0.3 is 0 Å². The Bertz CT molecular complexity index is 626. The summed E-state index contributed by atoms with van der Waals surface area (Å²) in [5.41, 5.74) is 4.97. The van der Waals surface area contributed by atoms with Gasteiger partial charge in [0.05, 0.1) is 11.0 Å². The number of rotatable bonds is 4. The summed E-state index contributed by atoms with van der Waals surface area (Å²) < 4.78 is 7.71. The highest BCUT2D eigenvalue weighted by molar-refractivity contribution is 5.78. The molecule has 1 unspecified atom stereocenters. The molecule has 1 aliphatic rings. The number of fused-ring (bicyclic) bond motifs is 1. The maximum Gasteiger partial charge on any atom is 0.135 e. The van der Waals surface area contributed by atoms with Crippen LogP contribution >= 0.6 is 0 Å². The number of hydrogen-bond acceptors (Lipinski definition) is 3. The summed E-state index contributed by atoms with van der Waals surface area (Å²) in [6.07, 6.45) is 2.57. The lowest BCUT2D eigenvalue weighted by atomic mass is 9.99. The highest BCUT2D eigenvalue weighted by Crippen LogP contribution is 2.24. The van der Waals surface area contributed by atoms with E-state index in [0.29, 0.717) is 12.5 Å². The minimum atomic E-state index is 0.576. The molecular formula is C17H25N3O. The second-order valence-corrected chi connectivity index (χ2v) is 6.21. The molecule has 1 fully saturated rings. The fourth-order valence-electron chi connectivity index (χ4n) is 3.21. The van der Waals surface area contributed by atoms with Gasteiger partial charge in [0.1, 0.15) is 12.4 Å². The molecule has 1 aromatic heterocycles. The van der Waals surface area contributed by atoms with Crippen LogP contribution in [0.2, 0.25) is 0 Å². The van der Waals surface area contributed by atoms with Crippen molar-refractivity contribution in [3.05, 3.63) is 29.1 Å². The first-order valence-corrected chi connectivity index (χ1v) is 7.85. The zero-order valence-electron chi connectivity index (χ0n) is 13.3. The van der Waals surface area contributed by atoms with Gasteiger partial charge in [-0.05, 0) is 69.0 Å². The summed E-state index contributed by atoms with van der Waals surface area (Å²) >= 11 is 0. The predicted octanol–water partition coefficient (Wildman–Crippen LogP) is 2.80. The largest absolute Gasteiger partial charge is 0.377 e. The van der Waals surface area contributed by atoms with E-state index in [9.17, 15) is 0 Å². The number of methoxy groups -OCH3 is 1. The summed E-state index contributed by atoms with van der Waals surface area (Å²) in [5, 5.41) is 3.50. The third-order valence-corrected chi connectivity index (χ3v) is 4.56. The summed E-state index contributed by atoms with van der Waals surface area (Å²) in [7, 11) is 1.74. The van der Waals surface area contributed by atoms with Crippen LogP contribution in [-0.4, -0.2) is 29.8 Å². The van der Waals surface area contributed by atoms with Crippen LogP contribution in [0.25, 0.3) is 11.0 Å². The lowest BCUT2D eigenvalue weighted by molar-refractivity contribution is 0.172. The molecule has 4 heteroatoms. The van der Waals surface area contributed by atoms with Gasteiger partial charge < -0.3 is 14.6 Å². The van der Waals surface area contributed by atoms with E-state index < -0.39 is 0 Å². The van der Waals surface area contributed by atoms with Crippen molar-refractivity contribution in [3.63, 3.8) is 0 Å². The predicted molar refractivity (Wildman–Crippen MR) is 85.5 cm³/mol. The molecule has 1 saturated heterocycles. The first-order valence-electron chi connectivity index (χ1n) is 7.85. The molecular weight excluding hydrogens is 262 g/mol. The number of aromatic nitrogens is 2. The number of hydrogen-bond donors (Lipinski definition) is 1. The molecule has 0 bridgehead atoms. The van der Waals surface area contributed by atoms with E-state index in [4.69, 9.17) is 9.72 Å². The average Bonchev–Trinajstić information content (AvgIpc) is 2.79. The van der Waals surface area contributed by atoms with E-state index in [1.807, 2.05) is 0 Å². The van der Waals surface area contributed by atoms with E-state index in [1.165, 1.54) is 29.5 Å². The van der Waals surface area contributed by atoms with Crippen molar-refractivity contribution in [2.24, 2.45) is 5.92 Å². The van der Waals surface area contributed by atoms with Gasteiger partial charge in [-0.1, -0.05) is 0 Å². The smallest absolute Gasteiger partial charge is 0.135 e. The van der Waals surface area contributed by atoms with Gasteiger partial charge in [-0.2, -0.15) is 0 Å². The quantitative estimate of drug-likeness (QED) is 0.940. The van der Waals surface area contributed by atoms with Gasteiger partial charge in [0, 0.05) is 13.7 Å². The van der Waals surface area contributed by atoms with Crippen molar-refractivity contribution in [1.29, 1.82) is 0 Å². The molecule has 1 aliphatic heterocycles. The van der Waals surface area contributed by atoms with Gasteiger partial charge in [-0.15, -0.1) is 0 Å². The Morgan fingerprint density at radius 3 is 2.86 bits per heavy atom. The van der Waals surface area contributed by atoms with Gasteiger partial charge in [0.15, 0.2) is 0 Å². The van der Waals surface area contributed by atoms with Gasteiger partial charge in [-0.25, -0.2) is 4.98 Å². The van der Waals surface area contributed by atoms with Crippen LogP contribution in [0.3, 0.4) is 0 Å². The molecule has 114 valence electrons. The fourth-order valence-corrected chi connectivity index (χ4v) is 3.21. The Kier molecular flexibility index (Phi) is 4.27. The minimum absolute atomic E-state index is 0.576. The third-order valence-electron chi connectivity index (χ3n) is 4.56. The number of imidazole rings is 1. The van der Waals surface area contributed by atoms with Gasteiger partial charge in [0.25, 0.3) is 0 Å². The number of aryl methyl sites for hydroxylation is 2. The summed E-state index contributed by atoms with van der Waals surface area (Å²) in [6, 6.07) is 4.46. The SMILES string of the molecule is COCc1nc2cc(C)c(C)cc2n1CC1CCCNC1. The number of nitrogens with one attached hydrogen (secondary N) is 1. The monoisotopic (exact) mass is 287 g/mol. The number of piperidine rings is 1. The number of nitrogens with zero attached hydrogens (tertiary/aromatic N) is 2. The summed E-state index contributed by atoms with van der Waals surface area (Å²) in [4.78, 5) is 4.79. The zero-order chi connectivity index (χ0) is 14.8. The second-order valence-electron chi connectivity index (χ2n) is 6.21.